The third kappa shape index (κ3) is 1.90. The van der Waals surface area contributed by atoms with E-state index in [0.717, 1.165) is 5.56 Å². The summed E-state index contributed by atoms with van der Waals surface area (Å²) in [5, 5.41) is 65.0. The Hall–Kier alpha value is -1.80. The topological polar surface area (TPSA) is 121 Å². The average Bonchev–Trinajstić information content (AvgIpc) is 2.69. The van der Waals surface area contributed by atoms with Crippen LogP contribution in [0.25, 0.3) is 0 Å². The van der Waals surface area contributed by atoms with E-state index < -0.39 is 47.5 Å². The Bertz CT molecular complexity index is 857. The van der Waals surface area contributed by atoms with Gasteiger partial charge in [-0.05, 0) is 23.6 Å². The predicted octanol–water partition coefficient (Wildman–Crippen LogP) is -0.203. The Kier molecular flexibility index (Phi) is 4.02. The van der Waals surface area contributed by atoms with E-state index >= 15 is 0 Å². The number of aryl methyl sites for hydroxylation is 1. The number of benzene rings is 2. The Labute approximate surface area is 157 Å². The summed E-state index contributed by atoms with van der Waals surface area (Å²) in [7, 11) is 0. The lowest BCUT2D eigenvalue weighted by Crippen LogP contribution is -2.99. The molecule has 2 aliphatic rings. The third-order valence-electron chi connectivity index (χ3n) is 6.66. The van der Waals surface area contributed by atoms with Crippen molar-refractivity contribution in [1.29, 1.82) is 0 Å². The lowest BCUT2D eigenvalue weighted by Gasteiger charge is -2.80. The molecule has 3 unspecified atom stereocenters. The maximum absolute atomic E-state index is 11.4. The standard InChI is InChI=1S/C21H24O6/c1-12-7-5-6-10-14(12)17-19(25,15(23)11-22)21(27)16(18(24)20(17,21)26)13-8-3-2-4-9-13/h2-10,15-18,22-27H,11H2,1H3/t15-,16?,17?,18?,19+,20+,21+/m1/s1. The van der Waals surface area contributed by atoms with Gasteiger partial charge in [-0.15, -0.1) is 0 Å². The maximum Gasteiger partial charge on any atom is 0.138 e. The minimum absolute atomic E-state index is 0.505. The highest BCUT2D eigenvalue weighted by molar-refractivity contribution is 5.56. The van der Waals surface area contributed by atoms with Crippen molar-refractivity contribution >= 4 is 0 Å². The molecule has 2 fully saturated rings. The molecule has 0 saturated heterocycles. The summed E-state index contributed by atoms with van der Waals surface area (Å²) in [6, 6.07) is 15.5. The molecular formula is C21H24O6. The van der Waals surface area contributed by atoms with Gasteiger partial charge in [0.05, 0.1) is 18.6 Å². The monoisotopic (exact) mass is 372 g/mol. The van der Waals surface area contributed by atoms with Crippen molar-refractivity contribution in [1.82, 2.24) is 0 Å². The van der Waals surface area contributed by atoms with Crippen molar-refractivity contribution < 1.29 is 30.6 Å². The summed E-state index contributed by atoms with van der Waals surface area (Å²) in [6.45, 7) is 0.983. The zero-order valence-corrected chi connectivity index (χ0v) is 14.9. The lowest BCUT2D eigenvalue weighted by atomic mass is 9.30. The van der Waals surface area contributed by atoms with Crippen molar-refractivity contribution in [3.8, 4) is 0 Å². The second kappa shape index (κ2) is 5.85. The second-order valence-corrected chi connectivity index (χ2v) is 7.74. The fraction of sp³-hybridized carbons (Fsp3) is 0.429. The van der Waals surface area contributed by atoms with E-state index in [-0.39, 0.29) is 0 Å². The molecule has 4 rings (SSSR count). The number of aliphatic hydroxyl groups excluding tert-OH is 3. The van der Waals surface area contributed by atoms with Crippen LogP contribution < -0.4 is 0 Å². The van der Waals surface area contributed by atoms with E-state index in [1.165, 1.54) is 0 Å². The number of hydrogen-bond donors (Lipinski definition) is 6. The van der Waals surface area contributed by atoms with Crippen LogP contribution in [0.5, 0.6) is 0 Å². The summed E-state index contributed by atoms with van der Waals surface area (Å²) in [4.78, 5) is 0. The molecule has 144 valence electrons. The highest BCUT2D eigenvalue weighted by Gasteiger charge is 2.93. The maximum atomic E-state index is 11.4. The first-order valence-electron chi connectivity index (χ1n) is 9.00. The Morgan fingerprint density at radius 1 is 0.963 bits per heavy atom. The van der Waals surface area contributed by atoms with Gasteiger partial charge in [0.1, 0.15) is 22.9 Å². The highest BCUT2D eigenvalue weighted by atomic mass is 16.5. The van der Waals surface area contributed by atoms with Crippen LogP contribution in [0, 0.1) is 6.92 Å². The molecule has 0 spiro atoms. The zero-order valence-electron chi connectivity index (χ0n) is 14.9. The molecule has 0 aromatic heterocycles. The molecule has 0 bridgehead atoms. The normalized spacial score (nSPS) is 41.2. The van der Waals surface area contributed by atoms with Gasteiger partial charge >= 0.3 is 0 Å². The van der Waals surface area contributed by atoms with Gasteiger partial charge in [-0.1, -0.05) is 54.6 Å². The van der Waals surface area contributed by atoms with Crippen molar-refractivity contribution in [2.24, 2.45) is 0 Å². The molecule has 2 aromatic carbocycles. The molecular weight excluding hydrogens is 348 g/mol. The van der Waals surface area contributed by atoms with Gasteiger partial charge in [-0.2, -0.15) is 0 Å². The van der Waals surface area contributed by atoms with Crippen LogP contribution in [0.4, 0.5) is 0 Å². The van der Waals surface area contributed by atoms with Gasteiger partial charge in [-0.3, -0.25) is 0 Å². The van der Waals surface area contributed by atoms with E-state index in [1.54, 1.807) is 61.5 Å². The molecule has 0 aliphatic heterocycles. The highest BCUT2D eigenvalue weighted by Crippen LogP contribution is 2.75. The fourth-order valence-corrected chi connectivity index (χ4v) is 5.35. The minimum atomic E-state index is -2.23. The van der Waals surface area contributed by atoms with Gasteiger partial charge in [0.25, 0.3) is 0 Å². The van der Waals surface area contributed by atoms with E-state index in [1.807, 2.05) is 0 Å². The molecule has 27 heavy (non-hydrogen) atoms. The zero-order chi connectivity index (χ0) is 19.6. The minimum Gasteiger partial charge on any atom is -0.394 e. The van der Waals surface area contributed by atoms with Gasteiger partial charge in [-0.25, -0.2) is 0 Å². The molecule has 0 radical (unpaired) electrons. The van der Waals surface area contributed by atoms with Gasteiger partial charge in [0.2, 0.25) is 0 Å². The van der Waals surface area contributed by atoms with Gasteiger partial charge in [0, 0.05) is 5.92 Å². The summed E-state index contributed by atoms with van der Waals surface area (Å²) in [6.07, 6.45) is -3.05. The predicted molar refractivity (Wildman–Crippen MR) is 97.1 cm³/mol. The van der Waals surface area contributed by atoms with Crippen LogP contribution in [0.15, 0.2) is 54.6 Å². The fourth-order valence-electron chi connectivity index (χ4n) is 5.35. The van der Waals surface area contributed by atoms with Gasteiger partial charge in [0.15, 0.2) is 0 Å². The Morgan fingerprint density at radius 3 is 2.15 bits per heavy atom. The molecule has 6 nitrogen and oxygen atoms in total. The second-order valence-electron chi connectivity index (χ2n) is 7.74. The first-order chi connectivity index (χ1) is 12.8. The lowest BCUT2D eigenvalue weighted by molar-refractivity contribution is -0.459. The SMILES string of the molecule is Cc1ccccc1C1[C@]2(O)C(O)C(c3ccccc3)[C@]2(O)[C@]1(O)[C@H](O)CO. The first-order valence-corrected chi connectivity index (χ1v) is 9.00. The molecule has 0 heterocycles. The molecule has 2 aromatic rings. The number of aliphatic hydroxyl groups is 6. The van der Waals surface area contributed by atoms with E-state index in [0.29, 0.717) is 11.1 Å². The van der Waals surface area contributed by atoms with Crippen LogP contribution in [0.1, 0.15) is 28.5 Å². The van der Waals surface area contributed by atoms with Crippen LogP contribution in [0.3, 0.4) is 0 Å². The van der Waals surface area contributed by atoms with E-state index in [9.17, 15) is 30.6 Å². The summed E-state index contributed by atoms with van der Waals surface area (Å²) < 4.78 is 0. The molecule has 6 N–H and O–H groups in total. The quantitative estimate of drug-likeness (QED) is 0.442. The van der Waals surface area contributed by atoms with E-state index in [4.69, 9.17) is 0 Å². The molecule has 7 atom stereocenters. The summed E-state index contributed by atoms with van der Waals surface area (Å²) in [5.41, 5.74) is -4.73. The average molecular weight is 372 g/mol. The number of rotatable bonds is 4. The number of hydrogen-bond acceptors (Lipinski definition) is 6. The summed E-state index contributed by atoms with van der Waals surface area (Å²) in [5.74, 6) is -2.16. The molecule has 2 saturated carbocycles. The van der Waals surface area contributed by atoms with Crippen molar-refractivity contribution in [3.05, 3.63) is 71.3 Å². The largest absolute Gasteiger partial charge is 0.394 e. The van der Waals surface area contributed by atoms with Crippen LogP contribution in [-0.4, -0.2) is 66.3 Å². The smallest absolute Gasteiger partial charge is 0.138 e. The third-order valence-corrected chi connectivity index (χ3v) is 6.66. The Morgan fingerprint density at radius 2 is 1.56 bits per heavy atom. The molecule has 2 aliphatic carbocycles. The van der Waals surface area contributed by atoms with Crippen molar-refractivity contribution in [2.45, 2.75) is 47.8 Å². The van der Waals surface area contributed by atoms with Gasteiger partial charge < -0.3 is 30.6 Å². The molecule has 6 heteroatoms. The van der Waals surface area contributed by atoms with Crippen LogP contribution in [-0.2, 0) is 0 Å². The van der Waals surface area contributed by atoms with Crippen molar-refractivity contribution in [3.63, 3.8) is 0 Å². The van der Waals surface area contributed by atoms with Crippen molar-refractivity contribution in [2.75, 3.05) is 6.61 Å². The van der Waals surface area contributed by atoms with E-state index in [2.05, 4.69) is 0 Å². The van der Waals surface area contributed by atoms with Crippen LogP contribution in [0.2, 0.25) is 0 Å². The summed E-state index contributed by atoms with van der Waals surface area (Å²) >= 11 is 0. The Balaban J connectivity index is 1.89. The van der Waals surface area contributed by atoms with Crippen LogP contribution >= 0.6 is 0 Å². The first kappa shape index (κ1) is 18.6. The molecule has 0 amide bonds. The number of fused-ring (bicyclic) bond motifs is 1.